The van der Waals surface area contributed by atoms with Gasteiger partial charge in [0, 0.05) is 5.69 Å². The van der Waals surface area contributed by atoms with Crippen LogP contribution in [0.5, 0.6) is 0 Å². The molecular weight excluding hydrogens is 246 g/mol. The molecule has 104 valence electrons. The van der Waals surface area contributed by atoms with Gasteiger partial charge in [-0.3, -0.25) is 4.98 Å². The first-order valence-corrected chi connectivity index (χ1v) is 6.11. The average Bonchev–Trinajstić information content (AvgIpc) is 2.30. The number of carbonyl (C=O) groups is 2. The molecule has 1 atom stereocenters. The second kappa shape index (κ2) is 6.72. The third-order valence-corrected chi connectivity index (χ3v) is 2.48. The number of rotatable bonds is 5. The number of hydrogen-bond acceptors (Lipinski definition) is 3. The number of carboxylic acids is 1. The number of pyridine rings is 1. The van der Waals surface area contributed by atoms with Gasteiger partial charge in [0.25, 0.3) is 0 Å². The molecule has 0 aromatic carbocycles. The molecule has 0 aliphatic carbocycles. The minimum Gasteiger partial charge on any atom is -0.480 e. The van der Waals surface area contributed by atoms with Crippen molar-refractivity contribution in [1.82, 2.24) is 10.3 Å². The molecule has 0 aliphatic rings. The van der Waals surface area contributed by atoms with Gasteiger partial charge >= 0.3 is 12.0 Å². The number of hydrogen-bond donors (Lipinski definition) is 3. The Balaban J connectivity index is 2.57. The summed E-state index contributed by atoms with van der Waals surface area (Å²) in [6.45, 7) is 5.64. The summed E-state index contributed by atoms with van der Waals surface area (Å²) in [5, 5.41) is 14.0. The minimum atomic E-state index is -1.04. The van der Waals surface area contributed by atoms with E-state index in [1.165, 1.54) is 6.20 Å². The van der Waals surface area contributed by atoms with Crippen molar-refractivity contribution >= 4 is 17.7 Å². The van der Waals surface area contributed by atoms with Gasteiger partial charge in [-0.2, -0.15) is 0 Å². The summed E-state index contributed by atoms with van der Waals surface area (Å²) in [7, 11) is 0. The number of urea groups is 1. The number of carbonyl (C=O) groups excluding carboxylic acids is 1. The van der Waals surface area contributed by atoms with Gasteiger partial charge in [-0.1, -0.05) is 13.8 Å². The van der Waals surface area contributed by atoms with E-state index in [1.807, 2.05) is 20.8 Å². The van der Waals surface area contributed by atoms with Crippen LogP contribution in [0.1, 0.15) is 26.0 Å². The summed E-state index contributed by atoms with van der Waals surface area (Å²) in [4.78, 5) is 26.7. The van der Waals surface area contributed by atoms with Crippen LogP contribution in [0.4, 0.5) is 10.5 Å². The molecule has 1 rings (SSSR count). The number of carboxylic acid groups (broad SMARTS) is 1. The van der Waals surface area contributed by atoms with Gasteiger partial charge in [-0.25, -0.2) is 9.59 Å². The maximum atomic E-state index is 11.7. The van der Waals surface area contributed by atoms with Crippen LogP contribution in [0.15, 0.2) is 18.3 Å². The number of amides is 2. The number of anilines is 1. The predicted octanol–water partition coefficient (Wildman–Crippen LogP) is 2.01. The van der Waals surface area contributed by atoms with Crippen molar-refractivity contribution in [3.63, 3.8) is 0 Å². The molecule has 0 fully saturated rings. The van der Waals surface area contributed by atoms with E-state index in [9.17, 15) is 9.59 Å². The second-order valence-electron chi connectivity index (χ2n) is 4.81. The van der Waals surface area contributed by atoms with Crippen molar-refractivity contribution in [2.75, 3.05) is 5.32 Å². The highest BCUT2D eigenvalue weighted by atomic mass is 16.4. The monoisotopic (exact) mass is 265 g/mol. The number of aryl methyl sites for hydroxylation is 1. The molecule has 0 spiro atoms. The summed E-state index contributed by atoms with van der Waals surface area (Å²) < 4.78 is 0. The lowest BCUT2D eigenvalue weighted by Gasteiger charge is -2.16. The van der Waals surface area contributed by atoms with Gasteiger partial charge in [0.15, 0.2) is 0 Å². The van der Waals surface area contributed by atoms with Gasteiger partial charge in [-0.15, -0.1) is 0 Å². The summed E-state index contributed by atoms with van der Waals surface area (Å²) in [6.07, 6.45) is 1.90. The molecule has 2 amide bonds. The van der Waals surface area contributed by atoms with Gasteiger partial charge in [0.2, 0.25) is 0 Å². The minimum absolute atomic E-state index is 0.183. The molecule has 0 radical (unpaired) electrons. The Kier molecular flexibility index (Phi) is 5.29. The zero-order valence-corrected chi connectivity index (χ0v) is 11.3. The quantitative estimate of drug-likeness (QED) is 0.759. The first-order valence-electron chi connectivity index (χ1n) is 6.11. The Hall–Kier alpha value is -2.11. The Morgan fingerprint density at radius 3 is 2.53 bits per heavy atom. The van der Waals surface area contributed by atoms with Crippen LogP contribution < -0.4 is 10.6 Å². The van der Waals surface area contributed by atoms with Gasteiger partial charge in [-0.05, 0) is 31.4 Å². The molecule has 0 unspecified atom stereocenters. The maximum Gasteiger partial charge on any atom is 0.326 e. The Morgan fingerprint density at radius 2 is 2.05 bits per heavy atom. The number of nitrogens with zero attached hydrogens (tertiary/aromatic N) is 1. The first kappa shape index (κ1) is 14.9. The molecular formula is C13H19N3O3. The van der Waals surface area contributed by atoms with Crippen LogP contribution in [0.25, 0.3) is 0 Å². The van der Waals surface area contributed by atoms with E-state index in [1.54, 1.807) is 12.1 Å². The molecule has 0 aliphatic heterocycles. The van der Waals surface area contributed by atoms with E-state index in [-0.39, 0.29) is 5.92 Å². The van der Waals surface area contributed by atoms with Crippen LogP contribution in [0, 0.1) is 12.8 Å². The van der Waals surface area contributed by atoms with Crippen LogP contribution in [-0.2, 0) is 4.79 Å². The Bertz CT molecular complexity index is 443. The summed E-state index contributed by atoms with van der Waals surface area (Å²) in [5.74, 6) is -0.853. The molecule has 6 nitrogen and oxygen atoms in total. The van der Waals surface area contributed by atoms with Crippen molar-refractivity contribution in [1.29, 1.82) is 0 Å². The van der Waals surface area contributed by atoms with E-state index < -0.39 is 18.0 Å². The van der Waals surface area contributed by atoms with E-state index in [2.05, 4.69) is 15.6 Å². The summed E-state index contributed by atoms with van der Waals surface area (Å²) in [5.41, 5.74) is 1.37. The van der Waals surface area contributed by atoms with Crippen molar-refractivity contribution in [2.45, 2.75) is 33.2 Å². The van der Waals surface area contributed by atoms with Crippen molar-refractivity contribution in [3.05, 3.63) is 24.0 Å². The topological polar surface area (TPSA) is 91.3 Å². The highest BCUT2D eigenvalue weighted by molar-refractivity contribution is 5.92. The molecule has 3 N–H and O–H groups in total. The molecule has 6 heteroatoms. The summed E-state index contributed by atoms with van der Waals surface area (Å²) >= 11 is 0. The van der Waals surface area contributed by atoms with Crippen LogP contribution in [0.3, 0.4) is 0 Å². The van der Waals surface area contributed by atoms with Crippen LogP contribution in [-0.4, -0.2) is 28.1 Å². The zero-order valence-electron chi connectivity index (χ0n) is 11.3. The lowest BCUT2D eigenvalue weighted by Crippen LogP contribution is -2.43. The van der Waals surface area contributed by atoms with Crippen molar-refractivity contribution in [2.24, 2.45) is 5.92 Å². The largest absolute Gasteiger partial charge is 0.480 e. The number of aliphatic carboxylic acids is 1. The van der Waals surface area contributed by atoms with Gasteiger partial charge in [0.1, 0.15) is 6.04 Å². The lowest BCUT2D eigenvalue weighted by molar-refractivity contribution is -0.139. The van der Waals surface area contributed by atoms with E-state index in [0.717, 1.165) is 5.69 Å². The zero-order chi connectivity index (χ0) is 14.4. The average molecular weight is 265 g/mol. The molecule has 0 bridgehead atoms. The fourth-order valence-electron chi connectivity index (χ4n) is 1.56. The highest BCUT2D eigenvalue weighted by Gasteiger charge is 2.20. The molecule has 19 heavy (non-hydrogen) atoms. The van der Waals surface area contributed by atoms with Crippen molar-refractivity contribution in [3.8, 4) is 0 Å². The van der Waals surface area contributed by atoms with Crippen LogP contribution >= 0.6 is 0 Å². The Labute approximate surface area is 112 Å². The fourth-order valence-corrected chi connectivity index (χ4v) is 1.56. The first-order chi connectivity index (χ1) is 8.88. The third kappa shape index (κ3) is 5.37. The van der Waals surface area contributed by atoms with Gasteiger partial charge < -0.3 is 15.7 Å². The molecule has 1 aromatic rings. The maximum absolute atomic E-state index is 11.7. The predicted molar refractivity (Wildman–Crippen MR) is 72.0 cm³/mol. The smallest absolute Gasteiger partial charge is 0.326 e. The highest BCUT2D eigenvalue weighted by Crippen LogP contribution is 2.07. The van der Waals surface area contributed by atoms with E-state index >= 15 is 0 Å². The molecule has 1 aromatic heterocycles. The standard InChI is InChI=1S/C13H19N3O3/c1-8(2)6-11(12(17)18)16-13(19)15-10-5-4-9(3)14-7-10/h4-5,7-8,11H,6H2,1-3H3,(H,17,18)(H2,15,16,19)/t11-/m1/s1. The Morgan fingerprint density at radius 1 is 1.37 bits per heavy atom. The third-order valence-electron chi connectivity index (χ3n) is 2.48. The SMILES string of the molecule is Cc1ccc(NC(=O)N[C@H](CC(C)C)C(=O)O)cn1. The molecule has 1 heterocycles. The van der Waals surface area contributed by atoms with Crippen LogP contribution in [0.2, 0.25) is 0 Å². The molecule has 0 saturated carbocycles. The fraction of sp³-hybridized carbons (Fsp3) is 0.462. The normalized spacial score (nSPS) is 12.0. The second-order valence-corrected chi connectivity index (χ2v) is 4.81. The number of aromatic nitrogens is 1. The molecule has 0 saturated heterocycles. The summed E-state index contributed by atoms with van der Waals surface area (Å²) in [6, 6.07) is 2.04. The number of nitrogens with one attached hydrogen (secondary N) is 2. The van der Waals surface area contributed by atoms with Crippen molar-refractivity contribution < 1.29 is 14.7 Å². The lowest BCUT2D eigenvalue weighted by atomic mass is 10.0. The van der Waals surface area contributed by atoms with Gasteiger partial charge in [0.05, 0.1) is 11.9 Å². The van der Waals surface area contributed by atoms with E-state index in [0.29, 0.717) is 12.1 Å². The van der Waals surface area contributed by atoms with E-state index in [4.69, 9.17) is 5.11 Å².